The topological polar surface area (TPSA) is 96.1 Å². The van der Waals surface area contributed by atoms with E-state index in [0.29, 0.717) is 29.3 Å². The van der Waals surface area contributed by atoms with Gasteiger partial charge in [0, 0.05) is 18.2 Å². The van der Waals surface area contributed by atoms with E-state index in [0.717, 1.165) is 17.7 Å². The maximum absolute atomic E-state index is 11.5. The van der Waals surface area contributed by atoms with Gasteiger partial charge in [0.15, 0.2) is 5.65 Å². The summed E-state index contributed by atoms with van der Waals surface area (Å²) in [7, 11) is 0. The first kappa shape index (κ1) is 16.4. The average Bonchev–Trinajstić information content (AvgIpc) is 2.97. The van der Waals surface area contributed by atoms with Crippen LogP contribution < -0.4 is 10.1 Å². The fourth-order valence-corrected chi connectivity index (χ4v) is 3.40. The van der Waals surface area contributed by atoms with Gasteiger partial charge in [-0.3, -0.25) is 4.40 Å². The summed E-state index contributed by atoms with van der Waals surface area (Å²) < 4.78 is 7.34. The molecule has 1 aromatic carbocycles. The lowest BCUT2D eigenvalue weighted by Crippen LogP contribution is -2.21. The first-order valence-corrected chi connectivity index (χ1v) is 8.42. The van der Waals surface area contributed by atoms with Crippen LogP contribution in [0.5, 0.6) is 5.75 Å². The summed E-state index contributed by atoms with van der Waals surface area (Å²) in [6, 6.07) is 9.38. The standard InChI is InChI=1S/C19H19N3O4/c1-11-16(10-23)22-9-12(19(24)25)8-15(18(22)20-11)21-14-6-7-26-17-5-3-2-4-13(14)17/h2-5,8-9,14,21,23H,6-7,10H2,1H3,(H,24,25). The summed E-state index contributed by atoms with van der Waals surface area (Å²) in [5.74, 6) is -0.199. The highest BCUT2D eigenvalue weighted by Gasteiger charge is 2.23. The lowest BCUT2D eigenvalue weighted by atomic mass is 10.0. The largest absolute Gasteiger partial charge is 0.493 e. The molecule has 0 aliphatic carbocycles. The second kappa shape index (κ2) is 6.34. The number of nitrogens with one attached hydrogen (secondary N) is 1. The molecule has 0 spiro atoms. The highest BCUT2D eigenvalue weighted by Crippen LogP contribution is 2.35. The van der Waals surface area contributed by atoms with Gasteiger partial charge in [0.25, 0.3) is 0 Å². The van der Waals surface area contributed by atoms with E-state index in [1.165, 1.54) is 6.20 Å². The summed E-state index contributed by atoms with van der Waals surface area (Å²) in [6.45, 7) is 2.17. The Kier molecular flexibility index (Phi) is 4.00. The molecule has 1 atom stereocenters. The molecular formula is C19H19N3O4. The van der Waals surface area contributed by atoms with Crippen LogP contribution in [-0.4, -0.2) is 32.2 Å². The molecule has 1 aliphatic heterocycles. The molecule has 7 heteroatoms. The Hall–Kier alpha value is -3.06. The maximum Gasteiger partial charge on any atom is 0.337 e. The molecule has 1 aliphatic rings. The van der Waals surface area contributed by atoms with Gasteiger partial charge in [0.1, 0.15) is 5.75 Å². The molecule has 26 heavy (non-hydrogen) atoms. The number of para-hydroxylation sites is 1. The highest BCUT2D eigenvalue weighted by molar-refractivity contribution is 5.90. The van der Waals surface area contributed by atoms with Gasteiger partial charge < -0.3 is 20.3 Å². The van der Waals surface area contributed by atoms with Crippen molar-refractivity contribution in [3.05, 3.63) is 59.0 Å². The lowest BCUT2D eigenvalue weighted by Gasteiger charge is -2.27. The third-order valence-corrected chi connectivity index (χ3v) is 4.70. The first-order chi connectivity index (χ1) is 12.6. The number of carbonyl (C=O) groups is 1. The number of fused-ring (bicyclic) bond motifs is 2. The fourth-order valence-electron chi connectivity index (χ4n) is 3.40. The molecule has 4 rings (SSSR count). The third-order valence-electron chi connectivity index (χ3n) is 4.70. The molecule has 134 valence electrons. The Bertz CT molecular complexity index is 996. The van der Waals surface area contributed by atoms with Gasteiger partial charge in [0.2, 0.25) is 0 Å². The number of aryl methyl sites for hydroxylation is 1. The summed E-state index contributed by atoms with van der Waals surface area (Å²) in [6.07, 6.45) is 2.25. The minimum Gasteiger partial charge on any atom is -0.493 e. The number of pyridine rings is 1. The number of benzene rings is 1. The third kappa shape index (κ3) is 2.66. The van der Waals surface area contributed by atoms with E-state index in [4.69, 9.17) is 4.74 Å². The van der Waals surface area contributed by atoms with Gasteiger partial charge in [-0.2, -0.15) is 0 Å². The number of aromatic nitrogens is 2. The quantitative estimate of drug-likeness (QED) is 0.667. The van der Waals surface area contributed by atoms with E-state index in [2.05, 4.69) is 10.3 Å². The summed E-state index contributed by atoms with van der Waals surface area (Å²) in [5, 5.41) is 22.5. The number of carboxylic acids is 1. The van der Waals surface area contributed by atoms with Crippen LogP contribution in [0.2, 0.25) is 0 Å². The van der Waals surface area contributed by atoms with E-state index in [1.54, 1.807) is 17.4 Å². The molecule has 0 fully saturated rings. The van der Waals surface area contributed by atoms with Crippen LogP contribution in [0.4, 0.5) is 5.69 Å². The second-order valence-electron chi connectivity index (χ2n) is 6.32. The van der Waals surface area contributed by atoms with Crippen LogP contribution in [0.15, 0.2) is 36.5 Å². The average molecular weight is 353 g/mol. The number of hydrogen-bond donors (Lipinski definition) is 3. The normalized spacial score (nSPS) is 16.2. The van der Waals surface area contributed by atoms with Crippen LogP contribution in [0, 0.1) is 6.92 Å². The number of anilines is 1. The Labute approximate surface area is 149 Å². The van der Waals surface area contributed by atoms with Crippen LogP contribution in [0.25, 0.3) is 5.65 Å². The van der Waals surface area contributed by atoms with Crippen molar-refractivity contribution in [2.24, 2.45) is 0 Å². The fraction of sp³-hybridized carbons (Fsp3) is 0.263. The lowest BCUT2D eigenvalue weighted by molar-refractivity contribution is 0.0696. The molecular weight excluding hydrogens is 334 g/mol. The number of ether oxygens (including phenoxy) is 1. The van der Waals surface area contributed by atoms with E-state index in [9.17, 15) is 15.0 Å². The second-order valence-corrected chi connectivity index (χ2v) is 6.32. The number of imidazole rings is 1. The molecule has 3 N–H and O–H groups in total. The number of nitrogens with zero attached hydrogens (tertiary/aromatic N) is 2. The van der Waals surface area contributed by atoms with Crippen LogP contribution in [0.3, 0.4) is 0 Å². The van der Waals surface area contributed by atoms with E-state index < -0.39 is 5.97 Å². The molecule has 0 radical (unpaired) electrons. The van der Waals surface area contributed by atoms with Crippen molar-refractivity contribution >= 4 is 17.3 Å². The van der Waals surface area contributed by atoms with Gasteiger partial charge in [-0.15, -0.1) is 0 Å². The van der Waals surface area contributed by atoms with Crippen LogP contribution in [0.1, 0.15) is 39.8 Å². The Morgan fingerprint density at radius 3 is 3.00 bits per heavy atom. The number of rotatable bonds is 4. The zero-order chi connectivity index (χ0) is 18.3. The minimum absolute atomic E-state index is 0.0117. The van der Waals surface area contributed by atoms with Crippen molar-refractivity contribution in [1.82, 2.24) is 9.38 Å². The molecule has 7 nitrogen and oxygen atoms in total. The predicted molar refractivity (Wildman–Crippen MR) is 95.7 cm³/mol. The number of aliphatic hydroxyl groups excluding tert-OH is 1. The van der Waals surface area contributed by atoms with Crippen LogP contribution in [-0.2, 0) is 6.61 Å². The zero-order valence-corrected chi connectivity index (χ0v) is 14.3. The van der Waals surface area contributed by atoms with Gasteiger partial charge >= 0.3 is 5.97 Å². The number of aromatic carboxylic acids is 1. The number of carboxylic acid groups (broad SMARTS) is 1. The molecule has 2 aromatic heterocycles. The predicted octanol–water partition coefficient (Wildman–Crippen LogP) is 2.77. The summed E-state index contributed by atoms with van der Waals surface area (Å²) in [5.41, 5.74) is 3.63. The molecule has 3 heterocycles. The summed E-state index contributed by atoms with van der Waals surface area (Å²) in [4.78, 5) is 16.1. The van der Waals surface area contributed by atoms with E-state index >= 15 is 0 Å². The minimum atomic E-state index is -1.03. The van der Waals surface area contributed by atoms with Gasteiger partial charge in [-0.05, 0) is 19.1 Å². The maximum atomic E-state index is 11.5. The summed E-state index contributed by atoms with van der Waals surface area (Å²) >= 11 is 0. The Balaban J connectivity index is 1.83. The Morgan fingerprint density at radius 1 is 1.42 bits per heavy atom. The number of hydrogen-bond acceptors (Lipinski definition) is 5. The zero-order valence-electron chi connectivity index (χ0n) is 14.3. The van der Waals surface area contributed by atoms with E-state index in [1.807, 2.05) is 24.3 Å². The van der Waals surface area contributed by atoms with Crippen LogP contribution >= 0.6 is 0 Å². The van der Waals surface area contributed by atoms with Crippen molar-refractivity contribution in [3.63, 3.8) is 0 Å². The van der Waals surface area contributed by atoms with Gasteiger partial charge in [-0.1, -0.05) is 18.2 Å². The molecule has 0 saturated carbocycles. The molecule has 1 unspecified atom stereocenters. The van der Waals surface area contributed by atoms with Gasteiger partial charge in [-0.25, -0.2) is 9.78 Å². The highest BCUT2D eigenvalue weighted by atomic mass is 16.5. The molecule has 0 amide bonds. The monoisotopic (exact) mass is 353 g/mol. The first-order valence-electron chi connectivity index (χ1n) is 8.42. The van der Waals surface area contributed by atoms with Crippen molar-refractivity contribution in [2.45, 2.75) is 26.0 Å². The smallest absolute Gasteiger partial charge is 0.337 e. The number of aliphatic hydroxyl groups is 1. The van der Waals surface area contributed by atoms with Crippen molar-refractivity contribution in [3.8, 4) is 5.75 Å². The van der Waals surface area contributed by atoms with Crippen molar-refractivity contribution < 1.29 is 19.7 Å². The van der Waals surface area contributed by atoms with Crippen molar-refractivity contribution in [1.29, 1.82) is 0 Å². The SMILES string of the molecule is Cc1nc2c(NC3CCOc4ccccc43)cc(C(=O)O)cn2c1CO. The molecule has 0 bridgehead atoms. The van der Waals surface area contributed by atoms with Crippen molar-refractivity contribution in [2.75, 3.05) is 11.9 Å². The Morgan fingerprint density at radius 2 is 2.23 bits per heavy atom. The van der Waals surface area contributed by atoms with E-state index in [-0.39, 0.29) is 18.2 Å². The molecule has 0 saturated heterocycles. The molecule has 3 aromatic rings. The van der Waals surface area contributed by atoms with Gasteiger partial charge in [0.05, 0.1) is 41.9 Å².